The molecule has 110 valence electrons. The maximum absolute atomic E-state index is 12.0. The first-order chi connectivity index (χ1) is 8.89. The largest absolute Gasteiger partial charge is 0.444 e. The lowest BCUT2D eigenvalue weighted by molar-refractivity contribution is 0.0445. The van der Waals surface area contributed by atoms with E-state index >= 15 is 0 Å². The predicted molar refractivity (Wildman–Crippen MR) is 76.2 cm³/mol. The molecule has 2 rings (SSSR count). The van der Waals surface area contributed by atoms with Gasteiger partial charge in [-0.2, -0.15) is 0 Å². The van der Waals surface area contributed by atoms with Gasteiger partial charge < -0.3 is 15.4 Å². The van der Waals surface area contributed by atoms with Gasteiger partial charge in [0.25, 0.3) is 0 Å². The molecule has 1 heterocycles. The van der Waals surface area contributed by atoms with Crippen LogP contribution >= 0.6 is 0 Å². The third-order valence-corrected chi connectivity index (χ3v) is 4.13. The standard InChI is InChI=1S/C15H28N2O2/c1-14(2,3)19-13(18)17-15(8-4-5-9-15)11-12-7-6-10-16-12/h12,16H,4-11H2,1-3H3,(H,17,18). The van der Waals surface area contributed by atoms with Gasteiger partial charge in [0, 0.05) is 11.6 Å². The average Bonchev–Trinajstić information content (AvgIpc) is 2.87. The average molecular weight is 268 g/mol. The summed E-state index contributed by atoms with van der Waals surface area (Å²) in [5.41, 5.74) is -0.459. The van der Waals surface area contributed by atoms with Gasteiger partial charge in [-0.25, -0.2) is 4.79 Å². The minimum Gasteiger partial charge on any atom is -0.444 e. The van der Waals surface area contributed by atoms with E-state index in [-0.39, 0.29) is 11.6 Å². The lowest BCUT2D eigenvalue weighted by atomic mass is 9.88. The minimum absolute atomic E-state index is 0.0374. The Kier molecular flexibility index (Phi) is 4.39. The maximum Gasteiger partial charge on any atom is 0.408 e. The SMILES string of the molecule is CC(C)(C)OC(=O)NC1(CC2CCCN2)CCCC1. The second-order valence-corrected chi connectivity index (χ2v) is 7.11. The van der Waals surface area contributed by atoms with Gasteiger partial charge in [-0.05, 0) is 59.4 Å². The summed E-state index contributed by atoms with van der Waals surface area (Å²) in [6.07, 6.45) is 7.88. The number of carbonyl (C=O) groups is 1. The Balaban J connectivity index is 1.93. The Labute approximate surface area is 116 Å². The van der Waals surface area contributed by atoms with Gasteiger partial charge in [-0.15, -0.1) is 0 Å². The molecule has 2 aliphatic rings. The number of amides is 1. The zero-order valence-electron chi connectivity index (χ0n) is 12.6. The van der Waals surface area contributed by atoms with E-state index in [0.29, 0.717) is 6.04 Å². The van der Waals surface area contributed by atoms with E-state index in [9.17, 15) is 4.79 Å². The van der Waals surface area contributed by atoms with Crippen molar-refractivity contribution < 1.29 is 9.53 Å². The summed E-state index contributed by atoms with van der Waals surface area (Å²) < 4.78 is 5.42. The number of hydrogen-bond donors (Lipinski definition) is 2. The van der Waals surface area contributed by atoms with Crippen molar-refractivity contribution in [2.24, 2.45) is 0 Å². The van der Waals surface area contributed by atoms with Crippen LogP contribution in [-0.4, -0.2) is 29.8 Å². The van der Waals surface area contributed by atoms with Gasteiger partial charge in [0.1, 0.15) is 5.60 Å². The first kappa shape index (κ1) is 14.6. The Morgan fingerprint density at radius 3 is 2.53 bits per heavy atom. The number of alkyl carbamates (subject to hydrolysis) is 1. The van der Waals surface area contributed by atoms with Crippen LogP contribution in [0.25, 0.3) is 0 Å². The molecule has 2 fully saturated rings. The Bertz CT molecular complexity index is 311. The molecular formula is C15H28N2O2. The van der Waals surface area contributed by atoms with Crippen molar-refractivity contribution in [1.82, 2.24) is 10.6 Å². The molecule has 19 heavy (non-hydrogen) atoms. The highest BCUT2D eigenvalue weighted by atomic mass is 16.6. The highest BCUT2D eigenvalue weighted by Crippen LogP contribution is 2.35. The normalized spacial score (nSPS) is 26.4. The quantitative estimate of drug-likeness (QED) is 0.827. The highest BCUT2D eigenvalue weighted by molar-refractivity contribution is 5.68. The first-order valence-corrected chi connectivity index (χ1v) is 7.63. The van der Waals surface area contributed by atoms with E-state index in [1.807, 2.05) is 20.8 Å². The zero-order chi connectivity index (χ0) is 13.9. The Morgan fingerprint density at radius 2 is 2.00 bits per heavy atom. The van der Waals surface area contributed by atoms with E-state index in [1.54, 1.807) is 0 Å². The van der Waals surface area contributed by atoms with Crippen LogP contribution < -0.4 is 10.6 Å². The van der Waals surface area contributed by atoms with E-state index in [4.69, 9.17) is 4.74 Å². The van der Waals surface area contributed by atoms with Crippen molar-refractivity contribution in [3.63, 3.8) is 0 Å². The van der Waals surface area contributed by atoms with Crippen molar-refractivity contribution >= 4 is 6.09 Å². The van der Waals surface area contributed by atoms with E-state index in [1.165, 1.54) is 25.7 Å². The van der Waals surface area contributed by atoms with Gasteiger partial charge >= 0.3 is 6.09 Å². The molecule has 0 spiro atoms. The van der Waals surface area contributed by atoms with Gasteiger partial charge in [0.2, 0.25) is 0 Å². The molecule has 0 bridgehead atoms. The number of carbonyl (C=O) groups excluding carboxylic acids is 1. The minimum atomic E-state index is -0.421. The van der Waals surface area contributed by atoms with E-state index in [2.05, 4.69) is 10.6 Å². The van der Waals surface area contributed by atoms with E-state index in [0.717, 1.165) is 25.8 Å². The summed E-state index contributed by atoms with van der Waals surface area (Å²) in [6.45, 7) is 6.85. The van der Waals surface area contributed by atoms with Crippen LogP contribution in [-0.2, 0) is 4.74 Å². The van der Waals surface area contributed by atoms with Crippen molar-refractivity contribution in [3.05, 3.63) is 0 Å². The Morgan fingerprint density at radius 1 is 1.32 bits per heavy atom. The number of rotatable bonds is 3. The third-order valence-electron chi connectivity index (χ3n) is 4.13. The number of ether oxygens (including phenoxy) is 1. The molecule has 0 aromatic rings. The highest BCUT2D eigenvalue weighted by Gasteiger charge is 2.39. The smallest absolute Gasteiger partial charge is 0.408 e. The molecule has 1 saturated carbocycles. The van der Waals surface area contributed by atoms with Crippen LogP contribution in [0.3, 0.4) is 0 Å². The fourth-order valence-electron chi connectivity index (χ4n) is 3.35. The van der Waals surface area contributed by atoms with Crippen LogP contribution in [0.1, 0.15) is 65.7 Å². The van der Waals surface area contributed by atoms with Crippen LogP contribution in [0, 0.1) is 0 Å². The van der Waals surface area contributed by atoms with E-state index < -0.39 is 5.60 Å². The van der Waals surface area contributed by atoms with Crippen LogP contribution in [0.15, 0.2) is 0 Å². The summed E-state index contributed by atoms with van der Waals surface area (Å²) in [5.74, 6) is 0. The molecule has 0 radical (unpaired) electrons. The predicted octanol–water partition coefficient (Wildman–Crippen LogP) is 2.97. The number of hydrogen-bond acceptors (Lipinski definition) is 3. The molecule has 1 aliphatic heterocycles. The molecule has 4 heteroatoms. The van der Waals surface area contributed by atoms with Crippen molar-refractivity contribution in [3.8, 4) is 0 Å². The molecule has 0 aromatic carbocycles. The van der Waals surface area contributed by atoms with Crippen LogP contribution in [0.4, 0.5) is 4.79 Å². The van der Waals surface area contributed by atoms with Crippen molar-refractivity contribution in [2.45, 2.75) is 82.9 Å². The first-order valence-electron chi connectivity index (χ1n) is 7.63. The lowest BCUT2D eigenvalue weighted by Gasteiger charge is -2.34. The maximum atomic E-state index is 12.0. The molecule has 2 N–H and O–H groups in total. The van der Waals surface area contributed by atoms with Crippen molar-refractivity contribution in [1.29, 1.82) is 0 Å². The summed E-state index contributed by atoms with van der Waals surface area (Å²) in [4.78, 5) is 12.0. The summed E-state index contributed by atoms with van der Waals surface area (Å²) in [6, 6.07) is 0.563. The monoisotopic (exact) mass is 268 g/mol. The lowest BCUT2D eigenvalue weighted by Crippen LogP contribution is -2.51. The molecule has 1 atom stereocenters. The second-order valence-electron chi connectivity index (χ2n) is 7.11. The fourth-order valence-corrected chi connectivity index (χ4v) is 3.35. The molecule has 1 unspecified atom stereocenters. The number of nitrogens with one attached hydrogen (secondary N) is 2. The van der Waals surface area contributed by atoms with Gasteiger partial charge in [-0.3, -0.25) is 0 Å². The molecular weight excluding hydrogens is 240 g/mol. The molecule has 0 aromatic heterocycles. The molecule has 1 amide bonds. The fraction of sp³-hybridized carbons (Fsp3) is 0.933. The summed E-state index contributed by atoms with van der Waals surface area (Å²) in [5, 5.41) is 6.71. The topological polar surface area (TPSA) is 50.4 Å². The van der Waals surface area contributed by atoms with Crippen molar-refractivity contribution in [2.75, 3.05) is 6.54 Å². The van der Waals surface area contributed by atoms with Gasteiger partial charge in [0.05, 0.1) is 0 Å². The van der Waals surface area contributed by atoms with Gasteiger partial charge in [-0.1, -0.05) is 12.8 Å². The molecule has 1 aliphatic carbocycles. The third kappa shape index (κ3) is 4.37. The molecule has 4 nitrogen and oxygen atoms in total. The molecule has 1 saturated heterocycles. The second kappa shape index (κ2) is 5.70. The Hall–Kier alpha value is -0.770. The summed E-state index contributed by atoms with van der Waals surface area (Å²) in [7, 11) is 0. The zero-order valence-corrected chi connectivity index (χ0v) is 12.6. The van der Waals surface area contributed by atoms with Gasteiger partial charge in [0.15, 0.2) is 0 Å². The van der Waals surface area contributed by atoms with Crippen LogP contribution in [0.2, 0.25) is 0 Å². The van der Waals surface area contributed by atoms with Crippen LogP contribution in [0.5, 0.6) is 0 Å². The summed E-state index contributed by atoms with van der Waals surface area (Å²) >= 11 is 0.